The first-order valence-corrected chi connectivity index (χ1v) is 9.12. The normalized spacial score (nSPS) is 18.4. The van der Waals surface area contributed by atoms with Crippen molar-refractivity contribution in [2.45, 2.75) is 23.8 Å². The number of carbonyl (C=O) groups excluding carboxylic acids is 1. The molecule has 6 nitrogen and oxygen atoms in total. The first-order chi connectivity index (χ1) is 10.0. The molecule has 0 spiro atoms. The molecule has 0 radical (unpaired) electrons. The number of rotatable bonds is 4. The summed E-state index contributed by atoms with van der Waals surface area (Å²) in [5.41, 5.74) is 0.309. The van der Waals surface area contributed by atoms with Crippen molar-refractivity contribution in [3.8, 4) is 0 Å². The van der Waals surface area contributed by atoms with Gasteiger partial charge in [-0.25, -0.2) is 13.1 Å². The number of nitrogens with one attached hydrogen (secondary N) is 2. The summed E-state index contributed by atoms with van der Waals surface area (Å²) in [6.45, 7) is 0.694. The predicted molar refractivity (Wildman–Crippen MR) is 82.0 cm³/mol. The van der Waals surface area contributed by atoms with Crippen LogP contribution in [0.15, 0.2) is 34.2 Å². The van der Waals surface area contributed by atoms with Crippen molar-refractivity contribution in [1.29, 1.82) is 0 Å². The summed E-state index contributed by atoms with van der Waals surface area (Å²) in [5.74, 6) is 0.515. The van der Waals surface area contributed by atoms with E-state index in [1.54, 1.807) is 12.1 Å². The molecule has 112 valence electrons. The average molecular weight is 325 g/mol. The van der Waals surface area contributed by atoms with E-state index in [1.807, 2.05) is 0 Å². The van der Waals surface area contributed by atoms with E-state index < -0.39 is 10.0 Å². The van der Waals surface area contributed by atoms with E-state index in [0.29, 0.717) is 17.3 Å². The van der Waals surface area contributed by atoms with Crippen LogP contribution in [0, 0.1) is 0 Å². The van der Waals surface area contributed by atoms with Crippen molar-refractivity contribution in [2.24, 2.45) is 4.99 Å². The number of hydrogen-bond donors (Lipinski definition) is 2. The Bertz CT molecular complexity index is 696. The van der Waals surface area contributed by atoms with Gasteiger partial charge in [-0.05, 0) is 31.0 Å². The van der Waals surface area contributed by atoms with Crippen molar-refractivity contribution in [1.82, 2.24) is 10.0 Å². The fourth-order valence-corrected chi connectivity index (χ4v) is 3.95. The van der Waals surface area contributed by atoms with E-state index in [1.165, 1.54) is 23.9 Å². The highest BCUT2D eigenvalue weighted by atomic mass is 32.2. The summed E-state index contributed by atoms with van der Waals surface area (Å²) in [7, 11) is -3.55. The van der Waals surface area contributed by atoms with Gasteiger partial charge in [-0.2, -0.15) is 0 Å². The number of carbonyl (C=O) groups is 1. The number of aliphatic imine (C=N–C) groups is 1. The number of nitrogens with zero attached hydrogens (tertiary/aromatic N) is 1. The molecule has 0 bridgehead atoms. The maximum Gasteiger partial charge on any atom is 0.257 e. The van der Waals surface area contributed by atoms with Gasteiger partial charge in [0.05, 0.1) is 11.4 Å². The van der Waals surface area contributed by atoms with Gasteiger partial charge in [0.2, 0.25) is 10.0 Å². The molecule has 2 aliphatic rings. The zero-order valence-electron chi connectivity index (χ0n) is 11.2. The molecule has 1 aromatic rings. The molecule has 1 aromatic carbocycles. The molecule has 1 amide bonds. The number of amidine groups is 1. The highest BCUT2D eigenvalue weighted by molar-refractivity contribution is 8.14. The van der Waals surface area contributed by atoms with Gasteiger partial charge in [0.15, 0.2) is 5.17 Å². The number of amides is 1. The van der Waals surface area contributed by atoms with E-state index in [4.69, 9.17) is 0 Å². The Kier molecular flexibility index (Phi) is 4.01. The lowest BCUT2D eigenvalue weighted by Crippen LogP contribution is -2.28. The minimum atomic E-state index is -3.55. The average Bonchev–Trinajstić information content (AvgIpc) is 3.11. The number of hydrogen-bond acceptors (Lipinski definition) is 5. The third-order valence-electron chi connectivity index (χ3n) is 3.11. The summed E-state index contributed by atoms with van der Waals surface area (Å²) in [5, 5.41) is 3.27. The van der Waals surface area contributed by atoms with Gasteiger partial charge in [0.25, 0.3) is 5.91 Å². The fourth-order valence-electron chi connectivity index (χ4n) is 1.87. The van der Waals surface area contributed by atoms with Crippen LogP contribution in [0.3, 0.4) is 0 Å². The maximum absolute atomic E-state index is 12.1. The molecule has 1 aliphatic heterocycles. The van der Waals surface area contributed by atoms with Crippen LogP contribution in [-0.2, 0) is 10.0 Å². The van der Waals surface area contributed by atoms with Crippen molar-refractivity contribution >= 4 is 32.9 Å². The molecule has 2 N–H and O–H groups in total. The Morgan fingerprint density at radius 1 is 1.33 bits per heavy atom. The molecule has 1 heterocycles. The summed E-state index contributed by atoms with van der Waals surface area (Å²) in [4.78, 5) is 16.3. The van der Waals surface area contributed by atoms with Gasteiger partial charge in [-0.1, -0.05) is 17.8 Å². The highest BCUT2D eigenvalue weighted by Gasteiger charge is 2.28. The quantitative estimate of drug-likeness (QED) is 0.863. The maximum atomic E-state index is 12.1. The van der Waals surface area contributed by atoms with E-state index in [2.05, 4.69) is 15.0 Å². The molecule has 3 rings (SSSR count). The SMILES string of the molecule is O=C(NC1=NCCS1)c1cccc(S(=O)(=O)NC2CC2)c1. The minimum Gasteiger partial charge on any atom is -0.301 e. The van der Waals surface area contributed by atoms with E-state index in [0.717, 1.165) is 18.6 Å². The summed E-state index contributed by atoms with van der Waals surface area (Å²) < 4.78 is 26.9. The smallest absolute Gasteiger partial charge is 0.257 e. The van der Waals surface area contributed by atoms with Gasteiger partial charge in [-0.3, -0.25) is 9.79 Å². The lowest BCUT2D eigenvalue weighted by atomic mass is 10.2. The van der Waals surface area contributed by atoms with Gasteiger partial charge in [0.1, 0.15) is 0 Å². The molecule has 1 fully saturated rings. The minimum absolute atomic E-state index is 0.0386. The zero-order valence-corrected chi connectivity index (χ0v) is 12.8. The summed E-state index contributed by atoms with van der Waals surface area (Å²) in [6, 6.07) is 6.08. The standard InChI is InChI=1S/C13H15N3O3S2/c17-12(15-13-14-6-7-20-13)9-2-1-3-11(8-9)21(18,19)16-10-4-5-10/h1-3,8,10,16H,4-7H2,(H,14,15,17). The van der Waals surface area contributed by atoms with Crippen LogP contribution in [0.5, 0.6) is 0 Å². The molecule has 1 saturated carbocycles. The van der Waals surface area contributed by atoms with Crippen LogP contribution >= 0.6 is 11.8 Å². The van der Waals surface area contributed by atoms with E-state index in [9.17, 15) is 13.2 Å². The van der Waals surface area contributed by atoms with Crippen molar-refractivity contribution in [3.05, 3.63) is 29.8 Å². The lowest BCUT2D eigenvalue weighted by molar-refractivity contribution is 0.0978. The van der Waals surface area contributed by atoms with Crippen molar-refractivity contribution in [2.75, 3.05) is 12.3 Å². The molecule has 0 atom stereocenters. The van der Waals surface area contributed by atoms with E-state index in [-0.39, 0.29) is 16.8 Å². The van der Waals surface area contributed by atoms with Crippen LogP contribution in [0.4, 0.5) is 0 Å². The van der Waals surface area contributed by atoms with Gasteiger partial charge < -0.3 is 5.32 Å². The van der Waals surface area contributed by atoms with Crippen LogP contribution in [0.2, 0.25) is 0 Å². The zero-order chi connectivity index (χ0) is 14.9. The topological polar surface area (TPSA) is 87.6 Å². The first kappa shape index (κ1) is 14.6. The monoisotopic (exact) mass is 325 g/mol. The van der Waals surface area contributed by atoms with Crippen LogP contribution in [0.25, 0.3) is 0 Å². The summed E-state index contributed by atoms with van der Waals surface area (Å²) in [6.07, 6.45) is 1.74. The van der Waals surface area contributed by atoms with Crippen LogP contribution < -0.4 is 10.0 Å². The largest absolute Gasteiger partial charge is 0.301 e. The van der Waals surface area contributed by atoms with Crippen LogP contribution in [0.1, 0.15) is 23.2 Å². The second-order valence-corrected chi connectivity index (χ2v) is 7.71. The van der Waals surface area contributed by atoms with Gasteiger partial charge in [-0.15, -0.1) is 0 Å². The second kappa shape index (κ2) is 5.78. The molecular weight excluding hydrogens is 310 g/mol. The number of thioether (sulfide) groups is 1. The Morgan fingerprint density at radius 2 is 2.14 bits per heavy atom. The number of benzene rings is 1. The Morgan fingerprint density at radius 3 is 2.81 bits per heavy atom. The molecule has 1 aliphatic carbocycles. The fraction of sp³-hybridized carbons (Fsp3) is 0.385. The Labute approximate surface area is 127 Å². The molecule has 0 saturated heterocycles. The van der Waals surface area contributed by atoms with Crippen molar-refractivity contribution in [3.63, 3.8) is 0 Å². The number of sulfonamides is 1. The predicted octanol–water partition coefficient (Wildman–Crippen LogP) is 0.960. The lowest BCUT2D eigenvalue weighted by Gasteiger charge is -2.08. The van der Waals surface area contributed by atoms with Crippen molar-refractivity contribution < 1.29 is 13.2 Å². The van der Waals surface area contributed by atoms with Gasteiger partial charge >= 0.3 is 0 Å². The molecular formula is C13H15N3O3S2. The Hall–Kier alpha value is -1.38. The second-order valence-electron chi connectivity index (χ2n) is 4.91. The van der Waals surface area contributed by atoms with Crippen LogP contribution in [-0.4, -0.2) is 37.8 Å². The Balaban J connectivity index is 1.77. The highest BCUT2D eigenvalue weighted by Crippen LogP contribution is 2.22. The molecule has 0 aromatic heterocycles. The third-order valence-corrected chi connectivity index (χ3v) is 5.52. The molecule has 21 heavy (non-hydrogen) atoms. The van der Waals surface area contributed by atoms with Gasteiger partial charge in [0, 0.05) is 17.4 Å². The first-order valence-electron chi connectivity index (χ1n) is 6.65. The molecule has 8 heteroatoms. The third kappa shape index (κ3) is 3.63. The molecule has 0 unspecified atom stereocenters. The summed E-state index contributed by atoms with van der Waals surface area (Å²) >= 11 is 1.48. The van der Waals surface area contributed by atoms with E-state index >= 15 is 0 Å².